The second kappa shape index (κ2) is 9.45. The Bertz CT molecular complexity index is 1510. The number of sulfonamides is 1. The SMILES string of the molecule is COc1ccccc1CN(C)S(=O)(=O)c1cc(-c2nnc(O)n2-c2ccccc2Cl)c(O)cc1O. The summed E-state index contributed by atoms with van der Waals surface area (Å²) in [6.45, 7) is -0.0431. The molecule has 35 heavy (non-hydrogen) atoms. The Kier molecular flexibility index (Phi) is 6.57. The van der Waals surface area contributed by atoms with Crippen molar-refractivity contribution in [3.05, 3.63) is 71.2 Å². The van der Waals surface area contributed by atoms with Crippen LogP contribution < -0.4 is 4.74 Å². The van der Waals surface area contributed by atoms with Crippen molar-refractivity contribution in [2.45, 2.75) is 11.4 Å². The molecule has 3 N–H and O–H groups in total. The van der Waals surface area contributed by atoms with Crippen molar-refractivity contribution in [1.82, 2.24) is 19.1 Å². The molecule has 0 amide bonds. The zero-order valence-electron chi connectivity index (χ0n) is 18.6. The standard InChI is InChI=1S/C23H21ClN4O6S/c1-27(13-14-7-3-6-10-20(14)34-2)35(32,33)21-11-15(18(29)12-19(21)30)22-25-26-23(31)28(22)17-9-5-4-8-16(17)24/h3-12,29-30H,13H2,1-2H3,(H,26,31). The number of halogens is 1. The maximum atomic E-state index is 13.4. The molecular weight excluding hydrogens is 496 g/mol. The van der Waals surface area contributed by atoms with Crippen LogP contribution in [0.2, 0.25) is 5.02 Å². The van der Waals surface area contributed by atoms with Crippen LogP contribution in [0.1, 0.15) is 5.56 Å². The molecule has 0 saturated carbocycles. The van der Waals surface area contributed by atoms with Gasteiger partial charge in [-0.3, -0.25) is 0 Å². The third kappa shape index (κ3) is 4.48. The Labute approximate surface area is 206 Å². The summed E-state index contributed by atoms with van der Waals surface area (Å²) >= 11 is 6.26. The van der Waals surface area contributed by atoms with Gasteiger partial charge in [-0.2, -0.15) is 4.31 Å². The lowest BCUT2D eigenvalue weighted by Crippen LogP contribution is -2.27. The quantitative estimate of drug-likeness (QED) is 0.339. The van der Waals surface area contributed by atoms with Crippen LogP contribution in [0, 0.1) is 0 Å². The van der Waals surface area contributed by atoms with Gasteiger partial charge >= 0.3 is 6.01 Å². The fourth-order valence-electron chi connectivity index (χ4n) is 3.57. The van der Waals surface area contributed by atoms with E-state index in [1.54, 1.807) is 48.5 Å². The van der Waals surface area contributed by atoms with E-state index in [4.69, 9.17) is 16.3 Å². The molecule has 0 saturated heterocycles. The summed E-state index contributed by atoms with van der Waals surface area (Å²) in [5.41, 5.74) is 0.819. The van der Waals surface area contributed by atoms with Crippen molar-refractivity contribution < 1.29 is 28.5 Å². The first-order valence-electron chi connectivity index (χ1n) is 10.2. The summed E-state index contributed by atoms with van der Waals surface area (Å²) in [4.78, 5) is -0.476. The van der Waals surface area contributed by atoms with E-state index in [-0.39, 0.29) is 23.0 Å². The molecular formula is C23H21ClN4O6S. The highest BCUT2D eigenvalue weighted by Crippen LogP contribution is 2.40. The number of phenolic OH excluding ortho intramolecular Hbond substituents is 2. The van der Waals surface area contributed by atoms with Gasteiger partial charge < -0.3 is 20.1 Å². The van der Waals surface area contributed by atoms with Gasteiger partial charge in [0.25, 0.3) is 0 Å². The number of aromatic nitrogens is 3. The average Bonchev–Trinajstić information content (AvgIpc) is 3.20. The van der Waals surface area contributed by atoms with Crippen LogP contribution in [0.3, 0.4) is 0 Å². The van der Waals surface area contributed by atoms with Gasteiger partial charge in [-0.1, -0.05) is 47.0 Å². The van der Waals surface area contributed by atoms with Crippen LogP contribution in [0.4, 0.5) is 0 Å². The van der Waals surface area contributed by atoms with Gasteiger partial charge in [-0.25, -0.2) is 13.0 Å². The Morgan fingerprint density at radius 2 is 1.69 bits per heavy atom. The highest BCUT2D eigenvalue weighted by Gasteiger charge is 2.29. The molecule has 3 aromatic carbocycles. The second-order valence-electron chi connectivity index (χ2n) is 7.52. The molecule has 182 valence electrons. The number of ether oxygens (including phenoxy) is 1. The lowest BCUT2D eigenvalue weighted by Gasteiger charge is -2.20. The molecule has 10 nitrogen and oxygen atoms in total. The van der Waals surface area contributed by atoms with E-state index in [2.05, 4.69) is 10.2 Å². The Balaban J connectivity index is 1.81. The molecule has 0 aliphatic carbocycles. The number of aromatic hydroxyl groups is 3. The van der Waals surface area contributed by atoms with Crippen molar-refractivity contribution >= 4 is 21.6 Å². The molecule has 0 bridgehead atoms. The fourth-order valence-corrected chi connectivity index (χ4v) is 5.03. The molecule has 0 unspecified atom stereocenters. The van der Waals surface area contributed by atoms with E-state index in [0.29, 0.717) is 17.0 Å². The summed E-state index contributed by atoms with van der Waals surface area (Å²) in [7, 11) is -1.41. The molecule has 0 atom stereocenters. The van der Waals surface area contributed by atoms with Crippen LogP contribution in [-0.4, -0.2) is 57.0 Å². The molecule has 0 aliphatic heterocycles. The van der Waals surface area contributed by atoms with Gasteiger partial charge in [0.2, 0.25) is 10.0 Å². The minimum Gasteiger partial charge on any atom is -0.507 e. The minimum atomic E-state index is -4.25. The van der Waals surface area contributed by atoms with Crippen molar-refractivity contribution in [2.24, 2.45) is 0 Å². The van der Waals surface area contributed by atoms with Gasteiger partial charge in [0.1, 0.15) is 22.1 Å². The highest BCUT2D eigenvalue weighted by molar-refractivity contribution is 7.89. The van der Waals surface area contributed by atoms with Crippen LogP contribution >= 0.6 is 11.6 Å². The van der Waals surface area contributed by atoms with Gasteiger partial charge in [0.15, 0.2) is 5.82 Å². The molecule has 0 fully saturated rings. The van der Waals surface area contributed by atoms with Gasteiger partial charge in [-0.15, -0.1) is 5.10 Å². The number of hydrogen-bond acceptors (Lipinski definition) is 8. The maximum absolute atomic E-state index is 13.4. The summed E-state index contributed by atoms with van der Waals surface area (Å²) in [5.74, 6) is -0.717. The predicted molar refractivity (Wildman–Crippen MR) is 128 cm³/mol. The van der Waals surface area contributed by atoms with Crippen molar-refractivity contribution in [3.63, 3.8) is 0 Å². The van der Waals surface area contributed by atoms with Gasteiger partial charge in [-0.05, 0) is 24.3 Å². The van der Waals surface area contributed by atoms with Gasteiger partial charge in [0.05, 0.1) is 23.4 Å². The minimum absolute atomic E-state index is 0.0431. The molecule has 0 spiro atoms. The van der Waals surface area contributed by atoms with Crippen LogP contribution in [-0.2, 0) is 16.6 Å². The highest BCUT2D eigenvalue weighted by atomic mass is 35.5. The van der Waals surface area contributed by atoms with E-state index in [9.17, 15) is 23.7 Å². The van der Waals surface area contributed by atoms with Crippen molar-refractivity contribution in [2.75, 3.05) is 14.2 Å². The number of hydrogen-bond donors (Lipinski definition) is 3. The van der Waals surface area contributed by atoms with E-state index in [1.165, 1.54) is 14.2 Å². The first-order chi connectivity index (χ1) is 16.6. The summed E-state index contributed by atoms with van der Waals surface area (Å²) < 4.78 is 34.3. The number of methoxy groups -OCH3 is 1. The number of rotatable bonds is 7. The third-order valence-electron chi connectivity index (χ3n) is 5.33. The van der Waals surface area contributed by atoms with Crippen molar-refractivity contribution in [3.8, 4) is 40.3 Å². The summed E-state index contributed by atoms with van der Waals surface area (Å²) in [6, 6.07) is 14.9. The monoisotopic (exact) mass is 516 g/mol. The van der Waals surface area contributed by atoms with E-state index >= 15 is 0 Å². The largest absolute Gasteiger partial charge is 0.507 e. The zero-order valence-corrected chi connectivity index (χ0v) is 20.2. The lowest BCUT2D eigenvalue weighted by molar-refractivity contribution is 0.396. The predicted octanol–water partition coefficient (Wildman–Crippen LogP) is 3.53. The topological polar surface area (TPSA) is 138 Å². The lowest BCUT2D eigenvalue weighted by atomic mass is 10.1. The van der Waals surface area contributed by atoms with Gasteiger partial charge in [0, 0.05) is 25.2 Å². The average molecular weight is 517 g/mol. The van der Waals surface area contributed by atoms with Crippen LogP contribution in [0.5, 0.6) is 23.3 Å². The summed E-state index contributed by atoms with van der Waals surface area (Å²) in [5, 5.41) is 39.1. The Morgan fingerprint density at radius 3 is 2.40 bits per heavy atom. The van der Waals surface area contributed by atoms with E-state index < -0.39 is 32.4 Å². The third-order valence-corrected chi connectivity index (χ3v) is 7.48. The van der Waals surface area contributed by atoms with Crippen LogP contribution in [0.15, 0.2) is 65.6 Å². The maximum Gasteiger partial charge on any atom is 0.319 e. The first-order valence-corrected chi connectivity index (χ1v) is 12.0. The smallest absolute Gasteiger partial charge is 0.319 e. The van der Waals surface area contributed by atoms with E-state index in [1.807, 2.05) is 0 Å². The fraction of sp³-hybridized carbons (Fsp3) is 0.130. The summed E-state index contributed by atoms with van der Waals surface area (Å²) in [6.07, 6.45) is 0. The molecule has 4 aromatic rings. The van der Waals surface area contributed by atoms with E-state index in [0.717, 1.165) is 21.0 Å². The molecule has 1 aromatic heterocycles. The number of nitrogens with zero attached hydrogens (tertiary/aromatic N) is 4. The Hall–Kier alpha value is -3.80. The normalized spacial score (nSPS) is 11.7. The van der Waals surface area contributed by atoms with Crippen molar-refractivity contribution in [1.29, 1.82) is 0 Å². The van der Waals surface area contributed by atoms with Crippen LogP contribution in [0.25, 0.3) is 17.1 Å². The molecule has 0 aliphatic rings. The molecule has 1 heterocycles. The number of phenols is 2. The second-order valence-corrected chi connectivity index (χ2v) is 9.94. The first kappa shape index (κ1) is 24.3. The number of para-hydroxylation sites is 2. The Morgan fingerprint density at radius 1 is 1.00 bits per heavy atom. The zero-order chi connectivity index (χ0) is 25.3. The molecule has 12 heteroatoms. The molecule has 4 rings (SSSR count). The molecule has 0 radical (unpaired) electrons. The number of benzene rings is 3.